The van der Waals surface area contributed by atoms with Crippen molar-refractivity contribution in [3.05, 3.63) is 83.6 Å². The van der Waals surface area contributed by atoms with E-state index in [1.165, 1.54) is 4.90 Å². The first kappa shape index (κ1) is 23.7. The van der Waals surface area contributed by atoms with E-state index in [-0.39, 0.29) is 18.2 Å². The molecule has 4 rings (SSSR count). The molecular formula is C25H23ClN4O3S. The first-order chi connectivity index (χ1) is 16.5. The first-order valence-corrected chi connectivity index (χ1v) is 11.6. The number of rotatable bonds is 8. The molecule has 0 bridgehead atoms. The maximum atomic E-state index is 13.5. The van der Waals surface area contributed by atoms with Crippen LogP contribution in [0.3, 0.4) is 0 Å². The summed E-state index contributed by atoms with van der Waals surface area (Å²) in [7, 11) is 0. The van der Waals surface area contributed by atoms with Gasteiger partial charge in [0.2, 0.25) is 5.91 Å². The number of nitrogens with zero attached hydrogens (tertiary/aromatic N) is 3. The molecule has 174 valence electrons. The van der Waals surface area contributed by atoms with Crippen molar-refractivity contribution in [1.29, 1.82) is 0 Å². The molecule has 0 aliphatic carbocycles. The standard InChI is InChI=1S/C25H23ClN4O3S/c1-2-33-21-11-7-19(8-12-21)28-23(31)14-22-24(32)30(20-9-5-18(26)6-10-20)25(34)29(22)16-17-4-3-13-27-15-17/h3-13,15,22H,2,14,16H2,1H3,(H,28,31)/t22-/m1/s1. The van der Waals surface area contributed by atoms with Crippen LogP contribution in [0.2, 0.25) is 5.02 Å². The van der Waals surface area contributed by atoms with Gasteiger partial charge in [0.05, 0.1) is 18.7 Å². The number of halogens is 1. The van der Waals surface area contributed by atoms with E-state index in [1.807, 2.05) is 19.1 Å². The number of pyridine rings is 1. The Kier molecular flexibility index (Phi) is 7.40. The van der Waals surface area contributed by atoms with Gasteiger partial charge in [-0.1, -0.05) is 17.7 Å². The lowest BCUT2D eigenvalue weighted by atomic mass is 10.1. The Labute approximate surface area is 208 Å². The maximum absolute atomic E-state index is 13.5. The van der Waals surface area contributed by atoms with Gasteiger partial charge in [0.25, 0.3) is 5.91 Å². The highest BCUT2D eigenvalue weighted by molar-refractivity contribution is 7.80. The third kappa shape index (κ3) is 5.35. The monoisotopic (exact) mass is 494 g/mol. The molecule has 0 radical (unpaired) electrons. The molecule has 1 aliphatic rings. The minimum Gasteiger partial charge on any atom is -0.494 e. The second-order valence-electron chi connectivity index (χ2n) is 7.65. The molecule has 2 heterocycles. The molecule has 1 N–H and O–H groups in total. The third-order valence-corrected chi connectivity index (χ3v) is 5.98. The summed E-state index contributed by atoms with van der Waals surface area (Å²) in [6.07, 6.45) is 3.34. The van der Waals surface area contributed by atoms with E-state index in [2.05, 4.69) is 10.3 Å². The van der Waals surface area contributed by atoms with E-state index in [0.29, 0.717) is 34.7 Å². The van der Waals surface area contributed by atoms with Gasteiger partial charge in [-0.25, -0.2) is 0 Å². The second-order valence-corrected chi connectivity index (χ2v) is 8.45. The highest BCUT2D eigenvalue weighted by Crippen LogP contribution is 2.29. The van der Waals surface area contributed by atoms with Crippen molar-refractivity contribution in [2.45, 2.75) is 25.9 Å². The average molecular weight is 495 g/mol. The Morgan fingerprint density at radius 3 is 2.53 bits per heavy atom. The van der Waals surface area contributed by atoms with Crippen LogP contribution < -0.4 is 15.0 Å². The molecule has 1 aromatic heterocycles. The zero-order valence-corrected chi connectivity index (χ0v) is 20.1. The predicted octanol–water partition coefficient (Wildman–Crippen LogP) is 4.66. The van der Waals surface area contributed by atoms with Gasteiger partial charge in [0.15, 0.2) is 5.11 Å². The smallest absolute Gasteiger partial charge is 0.256 e. The fourth-order valence-corrected chi connectivity index (χ4v) is 4.23. The summed E-state index contributed by atoms with van der Waals surface area (Å²) in [5.41, 5.74) is 2.10. The van der Waals surface area contributed by atoms with Crippen LogP contribution in [0, 0.1) is 0 Å². The van der Waals surface area contributed by atoms with Gasteiger partial charge in [-0.3, -0.25) is 19.5 Å². The summed E-state index contributed by atoms with van der Waals surface area (Å²) in [4.78, 5) is 33.7. The van der Waals surface area contributed by atoms with Gasteiger partial charge < -0.3 is 15.0 Å². The summed E-state index contributed by atoms with van der Waals surface area (Å²) < 4.78 is 5.43. The van der Waals surface area contributed by atoms with Crippen LogP contribution >= 0.6 is 23.8 Å². The van der Waals surface area contributed by atoms with Gasteiger partial charge in [0, 0.05) is 29.6 Å². The number of hydrogen-bond acceptors (Lipinski definition) is 5. The van der Waals surface area contributed by atoms with Crippen molar-refractivity contribution >= 4 is 52.1 Å². The van der Waals surface area contributed by atoms with Crippen LogP contribution in [0.5, 0.6) is 5.75 Å². The van der Waals surface area contributed by atoms with Crippen LogP contribution in [-0.2, 0) is 16.1 Å². The van der Waals surface area contributed by atoms with Crippen LogP contribution in [0.15, 0.2) is 73.1 Å². The zero-order chi connectivity index (χ0) is 24.1. The van der Waals surface area contributed by atoms with Gasteiger partial charge in [-0.05, 0) is 79.3 Å². The van der Waals surface area contributed by atoms with Crippen molar-refractivity contribution in [2.24, 2.45) is 0 Å². The Hall–Kier alpha value is -3.49. The van der Waals surface area contributed by atoms with E-state index in [9.17, 15) is 9.59 Å². The first-order valence-electron chi connectivity index (χ1n) is 10.8. The normalized spacial score (nSPS) is 15.5. The van der Waals surface area contributed by atoms with Gasteiger partial charge in [0.1, 0.15) is 11.8 Å². The quantitative estimate of drug-likeness (QED) is 0.459. The number of benzene rings is 2. The van der Waals surface area contributed by atoms with E-state index < -0.39 is 6.04 Å². The molecule has 0 unspecified atom stereocenters. The number of aromatic nitrogens is 1. The molecule has 2 amide bonds. The Bertz CT molecular complexity index is 1170. The minimum absolute atomic E-state index is 0.0590. The number of nitrogens with one attached hydrogen (secondary N) is 1. The molecule has 0 saturated carbocycles. The Morgan fingerprint density at radius 1 is 1.15 bits per heavy atom. The number of ether oxygens (including phenoxy) is 1. The molecular weight excluding hydrogens is 472 g/mol. The lowest BCUT2D eigenvalue weighted by molar-refractivity contribution is -0.124. The summed E-state index contributed by atoms with van der Waals surface area (Å²) in [6.45, 7) is 2.82. The Morgan fingerprint density at radius 2 is 1.88 bits per heavy atom. The second kappa shape index (κ2) is 10.6. The third-order valence-electron chi connectivity index (χ3n) is 5.31. The summed E-state index contributed by atoms with van der Waals surface area (Å²) in [5.74, 6) is 0.163. The van der Waals surface area contributed by atoms with Crippen LogP contribution in [0.25, 0.3) is 0 Å². The molecule has 2 aromatic carbocycles. The number of thiocarbonyl (C=S) groups is 1. The molecule has 0 spiro atoms. The minimum atomic E-state index is -0.758. The van der Waals surface area contributed by atoms with E-state index >= 15 is 0 Å². The lowest BCUT2D eigenvalue weighted by Crippen LogP contribution is -2.37. The van der Waals surface area contributed by atoms with Crippen molar-refractivity contribution in [3.63, 3.8) is 0 Å². The summed E-state index contributed by atoms with van der Waals surface area (Å²) >= 11 is 11.7. The van der Waals surface area contributed by atoms with Crippen molar-refractivity contribution in [1.82, 2.24) is 9.88 Å². The van der Waals surface area contributed by atoms with E-state index in [0.717, 1.165) is 11.3 Å². The average Bonchev–Trinajstić information content (AvgIpc) is 3.06. The molecule has 3 aromatic rings. The van der Waals surface area contributed by atoms with Gasteiger partial charge >= 0.3 is 0 Å². The topological polar surface area (TPSA) is 74.8 Å². The van der Waals surface area contributed by atoms with Gasteiger partial charge in [-0.15, -0.1) is 0 Å². The SMILES string of the molecule is CCOc1ccc(NC(=O)C[C@@H]2C(=O)N(c3ccc(Cl)cc3)C(=S)N2Cc2cccnc2)cc1. The highest BCUT2D eigenvalue weighted by atomic mass is 35.5. The van der Waals surface area contributed by atoms with E-state index in [4.69, 9.17) is 28.6 Å². The van der Waals surface area contributed by atoms with Crippen molar-refractivity contribution < 1.29 is 14.3 Å². The van der Waals surface area contributed by atoms with Crippen molar-refractivity contribution in [3.8, 4) is 5.75 Å². The Balaban J connectivity index is 1.55. The molecule has 34 heavy (non-hydrogen) atoms. The van der Waals surface area contributed by atoms with Crippen molar-refractivity contribution in [2.75, 3.05) is 16.8 Å². The lowest BCUT2D eigenvalue weighted by Gasteiger charge is -2.23. The van der Waals surface area contributed by atoms with Crippen LogP contribution in [0.1, 0.15) is 18.9 Å². The molecule has 1 saturated heterocycles. The van der Waals surface area contributed by atoms with Gasteiger partial charge in [-0.2, -0.15) is 0 Å². The number of carbonyl (C=O) groups excluding carboxylic acids is 2. The van der Waals surface area contributed by atoms with Crippen LogP contribution in [-0.4, -0.2) is 39.5 Å². The van der Waals surface area contributed by atoms with Crippen LogP contribution in [0.4, 0.5) is 11.4 Å². The largest absolute Gasteiger partial charge is 0.494 e. The number of amides is 2. The summed E-state index contributed by atoms with van der Waals surface area (Å²) in [5, 5.41) is 3.74. The fourth-order valence-electron chi connectivity index (χ4n) is 3.72. The predicted molar refractivity (Wildman–Crippen MR) is 136 cm³/mol. The zero-order valence-electron chi connectivity index (χ0n) is 18.5. The molecule has 1 fully saturated rings. The maximum Gasteiger partial charge on any atom is 0.256 e. The summed E-state index contributed by atoms with van der Waals surface area (Å²) in [6, 6.07) is 16.9. The van der Waals surface area contributed by atoms with E-state index in [1.54, 1.807) is 65.8 Å². The molecule has 1 aliphatic heterocycles. The fraction of sp³-hybridized carbons (Fsp3) is 0.200. The highest BCUT2D eigenvalue weighted by Gasteiger charge is 2.44. The molecule has 7 nitrogen and oxygen atoms in total. The number of hydrogen-bond donors (Lipinski definition) is 1. The molecule has 1 atom stereocenters. The number of anilines is 2. The molecule has 9 heteroatoms. The number of carbonyl (C=O) groups is 2.